The Kier molecular flexibility index (Phi) is 5.68. The van der Waals surface area contributed by atoms with Gasteiger partial charge >= 0.3 is 5.97 Å². The number of carbonyl (C=O) groups is 1. The summed E-state index contributed by atoms with van der Waals surface area (Å²) in [6, 6.07) is 10.7. The van der Waals surface area contributed by atoms with E-state index in [-0.39, 0.29) is 19.0 Å². The molecule has 25 heavy (non-hydrogen) atoms. The first kappa shape index (κ1) is 17.5. The van der Waals surface area contributed by atoms with Crippen LogP contribution in [0.1, 0.15) is 17.9 Å². The standard InChI is InChI=1S/C18H14Cl2N2O3/c19-14-4-2-13(3-5-14)15-10-22-17(25-15)7-8-18(23)24-11-12-1-6-16(20)21-9-12/h1-6,9-10H,7-8,11H2. The first-order chi connectivity index (χ1) is 12.1. The quantitative estimate of drug-likeness (QED) is 0.459. The van der Waals surface area contributed by atoms with Gasteiger partial charge in [0.05, 0.1) is 12.6 Å². The topological polar surface area (TPSA) is 65.2 Å². The lowest BCUT2D eigenvalue weighted by Crippen LogP contribution is -2.06. The van der Waals surface area contributed by atoms with Gasteiger partial charge in [0, 0.05) is 28.8 Å². The van der Waals surface area contributed by atoms with E-state index in [0.717, 1.165) is 11.1 Å². The van der Waals surface area contributed by atoms with Crippen molar-refractivity contribution in [2.75, 3.05) is 0 Å². The van der Waals surface area contributed by atoms with Crippen LogP contribution in [0.15, 0.2) is 53.2 Å². The number of halogens is 2. The van der Waals surface area contributed by atoms with Crippen LogP contribution >= 0.6 is 23.2 Å². The van der Waals surface area contributed by atoms with Crippen molar-refractivity contribution < 1.29 is 13.9 Å². The molecule has 7 heteroatoms. The minimum Gasteiger partial charge on any atom is -0.461 e. The number of esters is 1. The number of ether oxygens (including phenoxy) is 1. The molecular weight excluding hydrogens is 363 g/mol. The van der Waals surface area contributed by atoms with E-state index in [2.05, 4.69) is 9.97 Å². The Labute approximate surface area is 154 Å². The van der Waals surface area contributed by atoms with Gasteiger partial charge in [-0.05, 0) is 30.3 Å². The average molecular weight is 377 g/mol. The van der Waals surface area contributed by atoms with Gasteiger partial charge in [-0.2, -0.15) is 0 Å². The van der Waals surface area contributed by atoms with Crippen molar-refractivity contribution in [2.24, 2.45) is 0 Å². The first-order valence-corrected chi connectivity index (χ1v) is 8.32. The summed E-state index contributed by atoms with van der Waals surface area (Å²) in [4.78, 5) is 19.9. The van der Waals surface area contributed by atoms with Gasteiger partial charge in [0.1, 0.15) is 11.8 Å². The van der Waals surface area contributed by atoms with E-state index in [0.29, 0.717) is 28.2 Å². The monoisotopic (exact) mass is 376 g/mol. The zero-order valence-corrected chi connectivity index (χ0v) is 14.6. The molecule has 0 fully saturated rings. The Bertz CT molecular complexity index is 846. The Hall–Kier alpha value is -2.37. The zero-order chi connectivity index (χ0) is 17.6. The van der Waals surface area contributed by atoms with Crippen molar-refractivity contribution in [2.45, 2.75) is 19.4 Å². The number of nitrogens with zero attached hydrogens (tertiary/aromatic N) is 2. The van der Waals surface area contributed by atoms with Crippen molar-refractivity contribution in [3.05, 3.63) is 70.4 Å². The maximum absolute atomic E-state index is 11.8. The fraction of sp³-hybridized carbons (Fsp3) is 0.167. The lowest BCUT2D eigenvalue weighted by atomic mass is 10.2. The second-order valence-electron chi connectivity index (χ2n) is 5.27. The number of aryl methyl sites for hydroxylation is 1. The van der Waals surface area contributed by atoms with E-state index in [1.807, 2.05) is 12.1 Å². The highest BCUT2D eigenvalue weighted by molar-refractivity contribution is 6.30. The fourth-order valence-corrected chi connectivity index (χ4v) is 2.35. The third-order valence-electron chi connectivity index (χ3n) is 3.41. The number of pyridine rings is 1. The predicted octanol–water partition coefficient (Wildman–Crippen LogP) is 4.72. The highest BCUT2D eigenvalue weighted by atomic mass is 35.5. The van der Waals surface area contributed by atoms with Crippen LogP contribution in [0.5, 0.6) is 0 Å². The molecule has 0 aliphatic carbocycles. The summed E-state index contributed by atoms with van der Waals surface area (Å²) in [6.45, 7) is 0.157. The van der Waals surface area contributed by atoms with Gasteiger partial charge in [0.15, 0.2) is 11.7 Å². The third kappa shape index (κ3) is 5.05. The maximum atomic E-state index is 11.8. The van der Waals surface area contributed by atoms with Gasteiger partial charge in [-0.1, -0.05) is 29.3 Å². The second-order valence-corrected chi connectivity index (χ2v) is 6.10. The van der Waals surface area contributed by atoms with E-state index in [1.165, 1.54) is 0 Å². The van der Waals surface area contributed by atoms with Crippen LogP contribution in [0.25, 0.3) is 11.3 Å². The largest absolute Gasteiger partial charge is 0.461 e. The van der Waals surface area contributed by atoms with Crippen LogP contribution in [-0.4, -0.2) is 15.9 Å². The molecule has 2 aromatic heterocycles. The van der Waals surface area contributed by atoms with Crippen molar-refractivity contribution in [1.29, 1.82) is 0 Å². The van der Waals surface area contributed by atoms with Gasteiger partial charge in [0.2, 0.25) is 0 Å². The molecule has 0 aliphatic heterocycles. The summed E-state index contributed by atoms with van der Waals surface area (Å²) in [7, 11) is 0. The minimum atomic E-state index is -0.332. The molecule has 0 bridgehead atoms. The lowest BCUT2D eigenvalue weighted by Gasteiger charge is -2.03. The summed E-state index contributed by atoms with van der Waals surface area (Å²) in [5.41, 5.74) is 1.65. The number of hydrogen-bond acceptors (Lipinski definition) is 5. The zero-order valence-electron chi connectivity index (χ0n) is 13.1. The second kappa shape index (κ2) is 8.14. The van der Waals surface area contributed by atoms with Crippen LogP contribution in [0.2, 0.25) is 10.2 Å². The Morgan fingerprint density at radius 2 is 1.84 bits per heavy atom. The Morgan fingerprint density at radius 1 is 1.04 bits per heavy atom. The summed E-state index contributed by atoms with van der Waals surface area (Å²) in [5, 5.41) is 1.05. The van der Waals surface area contributed by atoms with Gasteiger partial charge in [-0.15, -0.1) is 0 Å². The van der Waals surface area contributed by atoms with Crippen LogP contribution in [-0.2, 0) is 22.6 Å². The highest BCUT2D eigenvalue weighted by Gasteiger charge is 2.10. The molecule has 128 valence electrons. The number of oxazole rings is 1. The molecule has 0 aliphatic rings. The normalized spacial score (nSPS) is 10.6. The van der Waals surface area contributed by atoms with E-state index < -0.39 is 0 Å². The molecule has 2 heterocycles. The maximum Gasteiger partial charge on any atom is 0.306 e. The molecule has 5 nitrogen and oxygen atoms in total. The summed E-state index contributed by atoms with van der Waals surface area (Å²) in [5.74, 6) is 0.781. The number of aromatic nitrogens is 2. The van der Waals surface area contributed by atoms with Crippen LogP contribution in [0, 0.1) is 0 Å². The molecule has 0 saturated heterocycles. The van der Waals surface area contributed by atoms with Gasteiger partial charge in [-0.25, -0.2) is 9.97 Å². The van der Waals surface area contributed by atoms with Gasteiger partial charge in [-0.3, -0.25) is 4.79 Å². The van der Waals surface area contributed by atoms with E-state index in [9.17, 15) is 4.79 Å². The smallest absolute Gasteiger partial charge is 0.306 e. The molecule has 3 aromatic rings. The number of hydrogen-bond donors (Lipinski definition) is 0. The van der Waals surface area contributed by atoms with Crippen molar-refractivity contribution in [3.8, 4) is 11.3 Å². The Morgan fingerprint density at radius 3 is 2.56 bits per heavy atom. The van der Waals surface area contributed by atoms with E-state index in [1.54, 1.807) is 36.7 Å². The summed E-state index contributed by atoms with van der Waals surface area (Å²) < 4.78 is 10.8. The van der Waals surface area contributed by atoms with Crippen LogP contribution in [0.4, 0.5) is 0 Å². The molecule has 0 saturated carbocycles. The molecular formula is C18H14Cl2N2O3. The molecule has 0 N–H and O–H groups in total. The van der Waals surface area contributed by atoms with Crippen LogP contribution < -0.4 is 0 Å². The molecule has 0 unspecified atom stereocenters. The highest BCUT2D eigenvalue weighted by Crippen LogP contribution is 2.22. The number of benzene rings is 1. The number of carbonyl (C=O) groups excluding carboxylic acids is 1. The molecule has 1 aromatic carbocycles. The van der Waals surface area contributed by atoms with Gasteiger partial charge in [0.25, 0.3) is 0 Å². The molecule has 3 rings (SSSR count). The predicted molar refractivity (Wildman–Crippen MR) is 94.3 cm³/mol. The van der Waals surface area contributed by atoms with Crippen molar-refractivity contribution in [3.63, 3.8) is 0 Å². The Balaban J connectivity index is 1.49. The average Bonchev–Trinajstić information content (AvgIpc) is 3.09. The van der Waals surface area contributed by atoms with E-state index >= 15 is 0 Å². The van der Waals surface area contributed by atoms with Crippen LogP contribution in [0.3, 0.4) is 0 Å². The van der Waals surface area contributed by atoms with E-state index in [4.69, 9.17) is 32.4 Å². The lowest BCUT2D eigenvalue weighted by molar-refractivity contribution is -0.145. The fourth-order valence-electron chi connectivity index (χ4n) is 2.11. The van der Waals surface area contributed by atoms with Crippen molar-refractivity contribution >= 4 is 29.2 Å². The van der Waals surface area contributed by atoms with Gasteiger partial charge < -0.3 is 9.15 Å². The molecule has 0 spiro atoms. The van der Waals surface area contributed by atoms with Crippen molar-refractivity contribution in [1.82, 2.24) is 9.97 Å². The SMILES string of the molecule is O=C(CCc1ncc(-c2ccc(Cl)cc2)o1)OCc1ccc(Cl)nc1. The number of rotatable bonds is 6. The molecule has 0 amide bonds. The molecule has 0 atom stereocenters. The minimum absolute atomic E-state index is 0.157. The summed E-state index contributed by atoms with van der Waals surface area (Å²) >= 11 is 11.6. The molecule has 0 radical (unpaired) electrons. The summed E-state index contributed by atoms with van der Waals surface area (Å²) in [6.07, 6.45) is 3.75. The first-order valence-electron chi connectivity index (χ1n) is 7.57. The third-order valence-corrected chi connectivity index (χ3v) is 3.89.